The van der Waals surface area contributed by atoms with E-state index in [1.165, 1.54) is 0 Å². The van der Waals surface area contributed by atoms with Crippen molar-refractivity contribution in [3.63, 3.8) is 0 Å². The summed E-state index contributed by atoms with van der Waals surface area (Å²) in [6.07, 6.45) is -8.19. The highest BCUT2D eigenvalue weighted by atomic mass is 35.8. The van der Waals surface area contributed by atoms with Crippen molar-refractivity contribution < 1.29 is 110 Å². The zero-order chi connectivity index (χ0) is 34.5. The third-order valence-corrected chi connectivity index (χ3v) is 7.82. The van der Waals surface area contributed by atoms with Gasteiger partial charge in [0.25, 0.3) is 0 Å². The van der Waals surface area contributed by atoms with Crippen LogP contribution >= 0.6 is 33.2 Å². The topological polar surface area (TPSA) is 0 Å². The lowest BCUT2D eigenvalue weighted by atomic mass is 9.85. The SMILES string of the molecule is FC(F)(F)C(F)(F)C(F)(F)C(F)(F)C(F)(F)C(F)(F)C(F)(F)C(F)(F)C(F)(F)C(F)(F)C(F)(F)C(F)(F)[Si](Cl)(Cl)Cl. The molecule has 0 aromatic heterocycles. The van der Waals surface area contributed by atoms with Gasteiger partial charge >= 0.3 is 77.0 Å². The summed E-state index contributed by atoms with van der Waals surface area (Å²) in [5.74, 6) is -92.3. The average Bonchev–Trinajstić information content (AvgIpc) is 2.70. The first-order valence-electron chi connectivity index (χ1n) is 8.29. The minimum atomic E-state index is -9.64. The van der Waals surface area contributed by atoms with Gasteiger partial charge in [0.1, 0.15) is 0 Å². The van der Waals surface area contributed by atoms with Gasteiger partial charge in [-0.2, -0.15) is 110 Å². The Labute approximate surface area is 220 Å². The van der Waals surface area contributed by atoms with Crippen LogP contribution in [0.1, 0.15) is 0 Å². The molecular weight excluding hydrogens is 754 g/mol. The number of halogens is 28. The van der Waals surface area contributed by atoms with Crippen LogP contribution < -0.4 is 0 Å². The van der Waals surface area contributed by atoms with Crippen molar-refractivity contribution in [3.8, 4) is 0 Å². The van der Waals surface area contributed by atoms with Gasteiger partial charge in [-0.05, 0) is 0 Å². The average molecular weight is 754 g/mol. The molecule has 0 aliphatic carbocycles. The largest absolute Gasteiger partial charge is 0.460 e. The van der Waals surface area contributed by atoms with Gasteiger partial charge in [0.15, 0.2) is 0 Å². The Morgan fingerprint density at radius 2 is 0.390 bits per heavy atom. The fourth-order valence-corrected chi connectivity index (χ4v) is 3.71. The molecule has 0 unspecified atom stereocenters. The zero-order valence-electron chi connectivity index (χ0n) is 17.1. The molecule has 0 N–H and O–H groups in total. The summed E-state index contributed by atoms with van der Waals surface area (Å²) in [7, 11) is 0. The van der Waals surface area contributed by atoms with E-state index in [9.17, 15) is 110 Å². The van der Waals surface area contributed by atoms with Crippen LogP contribution in [0.2, 0.25) is 0 Å². The molecule has 0 aliphatic rings. The predicted molar refractivity (Wildman–Crippen MR) is 83.8 cm³/mol. The maximum atomic E-state index is 13.6. The van der Waals surface area contributed by atoms with E-state index in [0.29, 0.717) is 0 Å². The Bertz CT molecular complexity index is 897. The van der Waals surface area contributed by atoms with E-state index >= 15 is 0 Å². The Morgan fingerprint density at radius 3 is 0.537 bits per heavy atom. The molecule has 0 amide bonds. The summed E-state index contributed by atoms with van der Waals surface area (Å²) in [4.78, 5) is 0. The fourth-order valence-electron chi connectivity index (χ4n) is 2.13. The lowest BCUT2D eigenvalue weighted by molar-refractivity contribution is -0.480. The molecular formula is C12Cl3F25Si. The highest BCUT2D eigenvalue weighted by Crippen LogP contribution is 2.68. The van der Waals surface area contributed by atoms with Gasteiger partial charge in [0, 0.05) is 0 Å². The highest BCUT2D eigenvalue weighted by molar-refractivity contribution is 7.65. The van der Waals surface area contributed by atoms with Crippen LogP contribution in [0.5, 0.6) is 0 Å². The maximum absolute atomic E-state index is 13.6. The van der Waals surface area contributed by atoms with Crippen molar-refractivity contribution in [2.45, 2.75) is 70.9 Å². The van der Waals surface area contributed by atoms with Crippen LogP contribution in [0.3, 0.4) is 0 Å². The lowest BCUT2D eigenvalue weighted by Gasteiger charge is -2.45. The molecule has 0 fully saturated rings. The standard InChI is InChI=1S/C12Cl3F25Si/c13-41(14,15)12(39,40)10(34,35)8(30,31)6(26,27)4(22,23)2(18,19)1(16,17)3(20,21)5(24,25)7(28,29)9(32,33)11(36,37)38. The fraction of sp³-hybridized carbons (Fsp3) is 1.00. The van der Waals surface area contributed by atoms with Crippen molar-refractivity contribution in [2.24, 2.45) is 0 Å². The second-order valence-corrected chi connectivity index (χ2v) is 15.8. The predicted octanol–water partition coefficient (Wildman–Crippen LogP) is 9.73. The lowest BCUT2D eigenvalue weighted by Crippen LogP contribution is -2.78. The molecule has 0 bridgehead atoms. The Kier molecular flexibility index (Phi) is 9.51. The van der Waals surface area contributed by atoms with E-state index in [0.717, 1.165) is 0 Å². The van der Waals surface area contributed by atoms with Crippen LogP contribution in [-0.2, 0) is 0 Å². The number of hydrogen-bond acceptors (Lipinski definition) is 0. The molecule has 0 heterocycles. The molecule has 0 aromatic carbocycles. The van der Waals surface area contributed by atoms with E-state index in [-0.39, 0.29) is 0 Å². The maximum Gasteiger partial charge on any atom is 0.460 e. The molecule has 0 saturated carbocycles. The molecule has 0 spiro atoms. The molecule has 0 radical (unpaired) electrons. The molecule has 41 heavy (non-hydrogen) atoms. The molecule has 248 valence electrons. The number of alkyl halides is 25. The summed E-state index contributed by atoms with van der Waals surface area (Å²) in [5.41, 5.74) is -7.31. The Hall–Kier alpha value is -0.663. The van der Waals surface area contributed by atoms with E-state index < -0.39 is 77.0 Å². The van der Waals surface area contributed by atoms with E-state index in [1.807, 2.05) is 0 Å². The summed E-state index contributed by atoms with van der Waals surface area (Å²) in [6, 6.07) is -6.99. The normalized spacial score (nSPS) is 17.3. The van der Waals surface area contributed by atoms with Gasteiger partial charge in [-0.1, -0.05) is 0 Å². The zero-order valence-corrected chi connectivity index (χ0v) is 20.4. The van der Waals surface area contributed by atoms with Gasteiger partial charge in [-0.25, -0.2) is 0 Å². The van der Waals surface area contributed by atoms with Gasteiger partial charge in [-0.3, -0.25) is 0 Å². The third kappa shape index (κ3) is 4.76. The quantitative estimate of drug-likeness (QED) is 0.112. The minimum absolute atomic E-state index is 4.17. The van der Waals surface area contributed by atoms with Crippen LogP contribution in [0, 0.1) is 0 Å². The van der Waals surface area contributed by atoms with E-state index in [1.54, 1.807) is 0 Å². The van der Waals surface area contributed by atoms with Crippen molar-refractivity contribution in [1.29, 1.82) is 0 Å². The van der Waals surface area contributed by atoms with Crippen LogP contribution in [0.4, 0.5) is 110 Å². The molecule has 0 rings (SSSR count). The summed E-state index contributed by atoms with van der Waals surface area (Å²) >= 11 is 12.5. The van der Waals surface area contributed by atoms with Crippen molar-refractivity contribution in [3.05, 3.63) is 0 Å². The first-order chi connectivity index (χ1) is 17.0. The third-order valence-electron chi connectivity index (χ3n) is 4.66. The van der Waals surface area contributed by atoms with Gasteiger partial charge in [0.05, 0.1) is 0 Å². The van der Waals surface area contributed by atoms with Crippen LogP contribution in [0.25, 0.3) is 0 Å². The highest BCUT2D eigenvalue weighted by Gasteiger charge is 3.00. The van der Waals surface area contributed by atoms with E-state index in [4.69, 9.17) is 0 Å². The molecule has 0 atom stereocenters. The van der Waals surface area contributed by atoms with Crippen molar-refractivity contribution in [2.75, 3.05) is 0 Å². The van der Waals surface area contributed by atoms with Crippen molar-refractivity contribution in [1.82, 2.24) is 0 Å². The number of rotatable bonds is 11. The molecule has 0 nitrogen and oxygen atoms in total. The second-order valence-electron chi connectivity index (χ2n) is 7.31. The Balaban J connectivity index is 7.41. The Morgan fingerprint density at radius 1 is 0.244 bits per heavy atom. The molecule has 0 aromatic rings. The van der Waals surface area contributed by atoms with Crippen LogP contribution in [0.15, 0.2) is 0 Å². The summed E-state index contributed by atoms with van der Waals surface area (Å²) in [5, 5.41) is 0. The minimum Gasteiger partial charge on any atom is -0.200 e. The van der Waals surface area contributed by atoms with Gasteiger partial charge < -0.3 is 0 Å². The second kappa shape index (κ2) is 9.67. The van der Waals surface area contributed by atoms with Crippen LogP contribution in [-0.4, -0.2) is 77.0 Å². The first kappa shape index (κ1) is 40.3. The summed E-state index contributed by atoms with van der Waals surface area (Å²) in [6.45, 7) is 0. The monoisotopic (exact) mass is 752 g/mol. The molecule has 29 heteroatoms. The van der Waals surface area contributed by atoms with Crippen molar-refractivity contribution >= 4 is 39.2 Å². The van der Waals surface area contributed by atoms with Gasteiger partial charge in [-0.15, -0.1) is 33.2 Å². The number of hydrogen-bond donors (Lipinski definition) is 0. The molecule has 0 saturated heterocycles. The first-order valence-corrected chi connectivity index (χ1v) is 13.3. The van der Waals surface area contributed by atoms with E-state index in [2.05, 4.69) is 33.2 Å². The molecule has 0 aliphatic heterocycles. The smallest absolute Gasteiger partial charge is 0.200 e. The summed E-state index contributed by atoms with van der Waals surface area (Å²) < 4.78 is 330. The van der Waals surface area contributed by atoms with Gasteiger partial charge in [0.2, 0.25) is 0 Å².